The minimum Gasteiger partial charge on any atom is -0.478 e. The molecule has 0 aromatic carbocycles. The number of nitrogens with zero attached hydrogens (tertiary/aromatic N) is 4. The molecule has 0 aliphatic carbocycles. The van der Waals surface area contributed by atoms with Gasteiger partial charge in [-0.05, 0) is 176 Å². The summed E-state index contributed by atoms with van der Waals surface area (Å²) in [5, 5.41) is 0. The first kappa shape index (κ1) is 61.7. The van der Waals surface area contributed by atoms with E-state index in [1.807, 2.05) is 0 Å². The molecule has 386 valence electrons. The summed E-state index contributed by atoms with van der Waals surface area (Å²) in [6, 6.07) is 0. The lowest BCUT2D eigenvalue weighted by Gasteiger charge is -2.38. The summed E-state index contributed by atoms with van der Waals surface area (Å²) in [5.41, 5.74) is 3.68. The van der Waals surface area contributed by atoms with Crippen LogP contribution in [0.1, 0.15) is 197 Å². The van der Waals surface area contributed by atoms with Crippen LogP contribution in [0.5, 0.6) is 0 Å². The Kier molecular flexibility index (Phi) is 25.7. The van der Waals surface area contributed by atoms with Crippen LogP contribution in [0.3, 0.4) is 0 Å². The lowest BCUT2D eigenvalue weighted by atomic mass is 9.80. The van der Waals surface area contributed by atoms with Gasteiger partial charge < -0.3 is 33.5 Å². The van der Waals surface area contributed by atoms with Gasteiger partial charge in [0.1, 0.15) is 6.61 Å². The molecule has 0 spiro atoms. The van der Waals surface area contributed by atoms with Gasteiger partial charge in [0.25, 0.3) is 0 Å². The number of hydrogen-bond donors (Lipinski definition) is 0. The van der Waals surface area contributed by atoms with Crippen molar-refractivity contribution in [2.45, 2.75) is 231 Å². The van der Waals surface area contributed by atoms with Crippen LogP contribution in [0.25, 0.3) is 0 Å². The van der Waals surface area contributed by atoms with E-state index in [1.54, 1.807) is 0 Å². The molecule has 7 rings (SSSR count). The Labute approximate surface area is 405 Å². The van der Waals surface area contributed by atoms with Crippen molar-refractivity contribution in [2.75, 3.05) is 85.5 Å². The SMILES string of the molecule is C=C1CCCN1C(C)(C)C.C=C1OCCN1C(C)(C)C.CC(C)(C)N1CCCC1.CC(C)(C)N1CCOCC1.CC(C)(C)[C@@H]1CCCO1.CC(C)(C)[C@@H]1CCO1.CC(C)(C)[C@@H]1CCOC1. The van der Waals surface area contributed by atoms with E-state index in [0.29, 0.717) is 39.5 Å². The molecule has 0 N–H and O–H groups in total. The summed E-state index contributed by atoms with van der Waals surface area (Å²) in [4.78, 5) is 9.57. The molecule has 7 saturated heterocycles. The molecule has 0 amide bonds. The van der Waals surface area contributed by atoms with Crippen LogP contribution in [-0.2, 0) is 23.7 Å². The fraction of sp³-hybridized carbons (Fsp3) is 0.929. The van der Waals surface area contributed by atoms with E-state index in [9.17, 15) is 0 Å². The topological polar surface area (TPSA) is 59.1 Å². The lowest BCUT2D eigenvalue weighted by Crippen LogP contribution is -2.47. The molecular weight excluding hydrogens is 809 g/mol. The van der Waals surface area contributed by atoms with Gasteiger partial charge in [0.15, 0.2) is 5.88 Å². The van der Waals surface area contributed by atoms with Crippen LogP contribution in [0.2, 0.25) is 0 Å². The van der Waals surface area contributed by atoms with Crippen molar-refractivity contribution in [3.05, 3.63) is 24.7 Å². The van der Waals surface area contributed by atoms with Gasteiger partial charge in [0, 0.05) is 73.9 Å². The third-order valence-electron chi connectivity index (χ3n) is 13.5. The summed E-state index contributed by atoms with van der Waals surface area (Å²) in [6.07, 6.45) is 11.3. The Hall–Kier alpha value is -1.36. The smallest absolute Gasteiger partial charge is 0.182 e. The van der Waals surface area contributed by atoms with Crippen molar-refractivity contribution in [1.29, 1.82) is 0 Å². The molecule has 7 heterocycles. The van der Waals surface area contributed by atoms with Gasteiger partial charge in [-0.25, -0.2) is 0 Å². The summed E-state index contributed by atoms with van der Waals surface area (Å²) in [5.74, 6) is 1.60. The highest BCUT2D eigenvalue weighted by molar-refractivity contribution is 5.04. The molecule has 7 fully saturated rings. The quantitative estimate of drug-likeness (QED) is 0.236. The molecule has 65 heavy (non-hydrogen) atoms. The van der Waals surface area contributed by atoms with Gasteiger partial charge in [-0.1, -0.05) is 68.9 Å². The molecule has 0 bridgehead atoms. The van der Waals surface area contributed by atoms with Gasteiger partial charge in [0.05, 0.1) is 32.0 Å². The highest BCUT2D eigenvalue weighted by Gasteiger charge is 2.32. The molecular formula is C56H112N4O5. The predicted molar refractivity (Wildman–Crippen MR) is 280 cm³/mol. The summed E-state index contributed by atoms with van der Waals surface area (Å²) >= 11 is 0. The molecule has 9 nitrogen and oxygen atoms in total. The van der Waals surface area contributed by atoms with E-state index in [1.165, 1.54) is 76.7 Å². The third kappa shape index (κ3) is 25.2. The molecule has 9 heteroatoms. The van der Waals surface area contributed by atoms with Crippen molar-refractivity contribution in [3.8, 4) is 0 Å². The number of morpholine rings is 1. The van der Waals surface area contributed by atoms with E-state index in [4.69, 9.17) is 23.7 Å². The maximum atomic E-state index is 5.52. The lowest BCUT2D eigenvalue weighted by molar-refractivity contribution is -0.109. The van der Waals surface area contributed by atoms with E-state index in [-0.39, 0.29) is 11.1 Å². The Morgan fingerprint density at radius 1 is 0.415 bits per heavy atom. The van der Waals surface area contributed by atoms with Crippen LogP contribution in [-0.4, -0.2) is 139 Å². The number of allylic oxidation sites excluding steroid dienone is 1. The zero-order valence-electron chi connectivity index (χ0n) is 47.3. The summed E-state index contributed by atoms with van der Waals surface area (Å²) in [7, 11) is 0. The zero-order valence-corrected chi connectivity index (χ0v) is 47.3. The highest BCUT2D eigenvalue weighted by atomic mass is 16.5. The number of ether oxygens (including phenoxy) is 5. The average molecular weight is 922 g/mol. The molecule has 0 aromatic heterocycles. The third-order valence-corrected chi connectivity index (χ3v) is 13.5. The minimum absolute atomic E-state index is 0.160. The average Bonchev–Trinajstić information content (AvgIpc) is 3.96. The fourth-order valence-corrected chi connectivity index (χ4v) is 8.73. The van der Waals surface area contributed by atoms with E-state index >= 15 is 0 Å². The second-order valence-electron chi connectivity index (χ2n) is 26.5. The fourth-order valence-electron chi connectivity index (χ4n) is 8.73. The Morgan fingerprint density at radius 3 is 1.09 bits per heavy atom. The van der Waals surface area contributed by atoms with Crippen LogP contribution >= 0.6 is 0 Å². The summed E-state index contributed by atoms with van der Waals surface area (Å²) in [6.45, 7) is 68.3. The van der Waals surface area contributed by atoms with E-state index in [2.05, 4.69) is 178 Å². The normalized spacial score (nSPS) is 24.5. The molecule has 0 radical (unpaired) electrons. The standard InChI is InChI=1S/C9H17N.C8H15NO.C8H17NO.C8H17N.2C8H16O.C7H14O/c1-8-6-5-7-10(8)9(2,3)4;1-7-9(5-6-10-7)8(2,3)4;1-8(2,3)9-4-6-10-7-5-9;1-8(2,3)9-6-4-5-7-9;1-8(2,3)7-4-5-9-6-7;1-8(2,3)7-5-4-6-9-7;1-7(2,3)6-4-5-8-6/h1,5-7H2,2-4H3;1,5-6H2,2-4H3;4-7H2,1-3H3;4-7H2,1-3H3;2*7H,4-6H2,1-3H3;6H,4-5H2,1-3H3/t;;;;2*7-;6-/m....100/s1. The Bertz CT molecular complexity index is 1190. The van der Waals surface area contributed by atoms with Crippen molar-refractivity contribution in [1.82, 2.24) is 19.6 Å². The second kappa shape index (κ2) is 27.1. The van der Waals surface area contributed by atoms with Gasteiger partial charge in [0.2, 0.25) is 0 Å². The second-order valence-corrected chi connectivity index (χ2v) is 26.5. The van der Waals surface area contributed by atoms with Crippen LogP contribution < -0.4 is 0 Å². The first-order valence-electron chi connectivity index (χ1n) is 26.0. The van der Waals surface area contributed by atoms with E-state index < -0.39 is 0 Å². The monoisotopic (exact) mass is 921 g/mol. The van der Waals surface area contributed by atoms with Crippen LogP contribution in [0.15, 0.2) is 24.7 Å². The maximum absolute atomic E-state index is 5.52. The maximum Gasteiger partial charge on any atom is 0.182 e. The molecule has 0 aromatic rings. The molecule has 7 aliphatic heterocycles. The molecule has 0 unspecified atom stereocenters. The van der Waals surface area contributed by atoms with Crippen molar-refractivity contribution in [3.63, 3.8) is 0 Å². The first-order valence-corrected chi connectivity index (χ1v) is 26.0. The first-order chi connectivity index (χ1) is 29.6. The number of rotatable bonds is 0. The van der Waals surface area contributed by atoms with E-state index in [0.717, 1.165) is 77.7 Å². The predicted octanol–water partition coefficient (Wildman–Crippen LogP) is 13.1. The summed E-state index contributed by atoms with van der Waals surface area (Å²) < 4.78 is 26.6. The van der Waals surface area contributed by atoms with Gasteiger partial charge in [-0.3, -0.25) is 9.80 Å². The van der Waals surface area contributed by atoms with Crippen molar-refractivity contribution < 1.29 is 23.7 Å². The van der Waals surface area contributed by atoms with Gasteiger partial charge >= 0.3 is 0 Å². The number of hydrogen-bond acceptors (Lipinski definition) is 9. The van der Waals surface area contributed by atoms with Crippen molar-refractivity contribution >= 4 is 0 Å². The Morgan fingerprint density at radius 2 is 0.892 bits per heavy atom. The molecule has 3 atom stereocenters. The van der Waals surface area contributed by atoms with Crippen LogP contribution in [0, 0.1) is 22.2 Å². The highest BCUT2D eigenvalue weighted by Crippen LogP contribution is 2.33. The largest absolute Gasteiger partial charge is 0.478 e. The van der Waals surface area contributed by atoms with Crippen LogP contribution in [0.4, 0.5) is 0 Å². The number of likely N-dealkylation sites (tertiary alicyclic amines) is 2. The Balaban J connectivity index is 0.000000380. The van der Waals surface area contributed by atoms with Crippen molar-refractivity contribution in [2.24, 2.45) is 22.2 Å². The van der Waals surface area contributed by atoms with Gasteiger partial charge in [-0.15, -0.1) is 0 Å². The van der Waals surface area contributed by atoms with Gasteiger partial charge in [-0.2, -0.15) is 0 Å². The molecule has 0 saturated carbocycles. The molecule has 7 aliphatic rings. The minimum atomic E-state index is 0.160. The zero-order chi connectivity index (χ0) is 50.1.